The van der Waals surface area contributed by atoms with Crippen molar-refractivity contribution >= 4 is 31.9 Å². The molecule has 2 heterocycles. The fourth-order valence-corrected chi connectivity index (χ4v) is 2.50. The van der Waals surface area contributed by atoms with Crippen molar-refractivity contribution in [3.8, 4) is 11.5 Å². The van der Waals surface area contributed by atoms with Crippen LogP contribution in [0.25, 0.3) is 11.5 Å². The van der Waals surface area contributed by atoms with Crippen LogP contribution in [0.3, 0.4) is 0 Å². The van der Waals surface area contributed by atoms with Gasteiger partial charge in [-0.25, -0.2) is 0 Å². The monoisotopic (exact) mass is 374 g/mol. The van der Waals surface area contributed by atoms with E-state index in [1.807, 2.05) is 19.9 Å². The van der Waals surface area contributed by atoms with Gasteiger partial charge in [-0.15, -0.1) is 0 Å². The Morgan fingerprint density at radius 3 is 2.67 bits per heavy atom. The van der Waals surface area contributed by atoms with Crippen molar-refractivity contribution in [3.05, 3.63) is 27.1 Å². The van der Waals surface area contributed by atoms with E-state index in [0.29, 0.717) is 17.4 Å². The minimum absolute atomic E-state index is 0.236. The molecule has 7 heteroatoms. The van der Waals surface area contributed by atoms with E-state index in [4.69, 9.17) is 10.3 Å². The van der Waals surface area contributed by atoms with E-state index >= 15 is 0 Å². The summed E-state index contributed by atoms with van der Waals surface area (Å²) in [5, 5.41) is 3.91. The first-order valence-electron chi connectivity index (χ1n) is 5.39. The zero-order valence-electron chi connectivity index (χ0n) is 9.89. The van der Waals surface area contributed by atoms with Crippen molar-refractivity contribution in [3.63, 3.8) is 0 Å². The maximum atomic E-state index is 5.96. The van der Waals surface area contributed by atoms with Crippen LogP contribution < -0.4 is 5.73 Å². The van der Waals surface area contributed by atoms with Crippen molar-refractivity contribution in [2.45, 2.75) is 19.9 Å². The molecule has 0 saturated heterocycles. The van der Waals surface area contributed by atoms with Crippen LogP contribution in [0.15, 0.2) is 25.7 Å². The van der Waals surface area contributed by atoms with Crippen molar-refractivity contribution < 1.29 is 4.52 Å². The summed E-state index contributed by atoms with van der Waals surface area (Å²) in [7, 11) is 0. The van der Waals surface area contributed by atoms with Gasteiger partial charge in [0.15, 0.2) is 0 Å². The lowest BCUT2D eigenvalue weighted by Crippen LogP contribution is -2.16. The van der Waals surface area contributed by atoms with E-state index < -0.39 is 0 Å². The fraction of sp³-hybridized carbons (Fsp3) is 0.364. The van der Waals surface area contributed by atoms with Gasteiger partial charge >= 0.3 is 0 Å². The zero-order chi connectivity index (χ0) is 13.3. The highest BCUT2D eigenvalue weighted by molar-refractivity contribution is 9.11. The van der Waals surface area contributed by atoms with Crippen molar-refractivity contribution in [1.29, 1.82) is 0 Å². The number of aromatic nitrogens is 3. The number of nitrogens with zero attached hydrogens (tertiary/aromatic N) is 3. The van der Waals surface area contributed by atoms with E-state index in [2.05, 4.69) is 47.0 Å². The van der Waals surface area contributed by atoms with Crippen LogP contribution in [-0.4, -0.2) is 15.1 Å². The molecule has 0 aromatic carbocycles. The molecule has 0 fully saturated rings. The summed E-state index contributed by atoms with van der Waals surface area (Å²) in [4.78, 5) is 8.53. The molecule has 96 valence electrons. The maximum Gasteiger partial charge on any atom is 0.244 e. The minimum atomic E-state index is -0.263. The lowest BCUT2D eigenvalue weighted by atomic mass is 10.1. The Bertz CT molecular complexity index is 556. The van der Waals surface area contributed by atoms with Gasteiger partial charge in [-0.3, -0.25) is 4.98 Å². The van der Waals surface area contributed by atoms with Gasteiger partial charge in [-0.2, -0.15) is 4.98 Å². The van der Waals surface area contributed by atoms with Crippen LogP contribution in [0.1, 0.15) is 25.8 Å². The van der Waals surface area contributed by atoms with Gasteiger partial charge in [0.1, 0.15) is 5.69 Å². The molecule has 0 amide bonds. The Kier molecular flexibility index (Phi) is 4.14. The average Bonchev–Trinajstić information content (AvgIpc) is 2.77. The third kappa shape index (κ3) is 2.78. The molecular weight excluding hydrogens is 364 g/mol. The molecule has 0 unspecified atom stereocenters. The number of nitrogens with two attached hydrogens (primary N) is 1. The zero-order valence-corrected chi connectivity index (χ0v) is 13.1. The minimum Gasteiger partial charge on any atom is -0.337 e. The molecule has 0 saturated carbocycles. The SMILES string of the molecule is CC(C)[C@H](N)c1nc(-c2ncc(Br)cc2Br)no1. The molecule has 2 N–H and O–H groups in total. The van der Waals surface area contributed by atoms with E-state index in [9.17, 15) is 0 Å². The van der Waals surface area contributed by atoms with E-state index in [1.165, 1.54) is 0 Å². The highest BCUT2D eigenvalue weighted by Crippen LogP contribution is 2.27. The molecule has 0 bridgehead atoms. The first-order chi connectivity index (χ1) is 8.49. The topological polar surface area (TPSA) is 77.8 Å². The number of pyridine rings is 1. The largest absolute Gasteiger partial charge is 0.337 e. The molecule has 0 spiro atoms. The first kappa shape index (κ1) is 13.6. The summed E-state index contributed by atoms with van der Waals surface area (Å²) in [6.07, 6.45) is 1.68. The van der Waals surface area contributed by atoms with Crippen molar-refractivity contribution in [2.75, 3.05) is 0 Å². The van der Waals surface area contributed by atoms with Gasteiger partial charge in [0.05, 0.1) is 6.04 Å². The van der Waals surface area contributed by atoms with Crippen molar-refractivity contribution in [2.24, 2.45) is 11.7 Å². The number of rotatable bonds is 3. The molecule has 0 aliphatic rings. The standard InChI is InChI=1S/C11H12Br2N4O/c1-5(2)8(14)11-16-10(17-18-11)9-7(13)3-6(12)4-15-9/h3-5,8H,14H2,1-2H3/t8-/m0/s1. The maximum absolute atomic E-state index is 5.96. The molecular formula is C11H12Br2N4O. The quantitative estimate of drug-likeness (QED) is 0.890. The second kappa shape index (κ2) is 5.46. The van der Waals surface area contributed by atoms with E-state index in [0.717, 1.165) is 8.95 Å². The second-order valence-corrected chi connectivity index (χ2v) is 5.98. The summed E-state index contributed by atoms with van der Waals surface area (Å²) in [6.45, 7) is 4.00. The summed E-state index contributed by atoms with van der Waals surface area (Å²) < 4.78 is 6.84. The predicted molar refractivity (Wildman–Crippen MR) is 74.7 cm³/mol. The van der Waals surface area contributed by atoms with Crippen LogP contribution in [0, 0.1) is 5.92 Å². The normalized spacial score (nSPS) is 13.0. The highest BCUT2D eigenvalue weighted by atomic mass is 79.9. The van der Waals surface area contributed by atoms with E-state index in [1.54, 1.807) is 6.20 Å². The Hall–Kier alpha value is -0.790. The third-order valence-corrected chi connectivity index (χ3v) is 3.50. The molecule has 18 heavy (non-hydrogen) atoms. The predicted octanol–water partition coefficient (Wildman–Crippen LogP) is 3.31. The third-order valence-electron chi connectivity index (χ3n) is 2.46. The number of hydrogen-bond acceptors (Lipinski definition) is 5. The Balaban J connectivity index is 2.35. The van der Waals surface area contributed by atoms with Crippen LogP contribution >= 0.6 is 31.9 Å². The molecule has 0 radical (unpaired) electrons. The smallest absolute Gasteiger partial charge is 0.244 e. The van der Waals surface area contributed by atoms with Crippen LogP contribution in [-0.2, 0) is 0 Å². The molecule has 5 nitrogen and oxygen atoms in total. The Morgan fingerprint density at radius 1 is 1.33 bits per heavy atom. The second-order valence-electron chi connectivity index (χ2n) is 4.21. The van der Waals surface area contributed by atoms with Gasteiger partial charge < -0.3 is 10.3 Å². The summed E-state index contributed by atoms with van der Waals surface area (Å²) >= 11 is 6.75. The Morgan fingerprint density at radius 2 is 2.06 bits per heavy atom. The molecule has 2 rings (SSSR count). The molecule has 0 aliphatic carbocycles. The number of hydrogen-bond donors (Lipinski definition) is 1. The lowest BCUT2D eigenvalue weighted by Gasteiger charge is -2.09. The van der Waals surface area contributed by atoms with Gasteiger partial charge in [0, 0.05) is 15.1 Å². The summed E-state index contributed by atoms with van der Waals surface area (Å²) in [5.41, 5.74) is 6.58. The molecule has 2 aromatic heterocycles. The first-order valence-corrected chi connectivity index (χ1v) is 6.98. The average molecular weight is 376 g/mol. The fourth-order valence-electron chi connectivity index (χ4n) is 1.33. The Labute approximate surface area is 121 Å². The van der Waals surface area contributed by atoms with Gasteiger partial charge in [0.2, 0.25) is 11.7 Å². The molecule has 1 atom stereocenters. The summed E-state index contributed by atoms with van der Waals surface area (Å²) in [5.74, 6) is 1.09. The van der Waals surface area contributed by atoms with Crippen LogP contribution in [0.5, 0.6) is 0 Å². The molecule has 0 aliphatic heterocycles. The molecule has 2 aromatic rings. The van der Waals surface area contributed by atoms with Gasteiger partial charge in [-0.05, 0) is 43.8 Å². The van der Waals surface area contributed by atoms with Gasteiger partial charge in [0.25, 0.3) is 0 Å². The van der Waals surface area contributed by atoms with Crippen LogP contribution in [0.4, 0.5) is 0 Å². The lowest BCUT2D eigenvalue weighted by molar-refractivity contribution is 0.325. The highest BCUT2D eigenvalue weighted by Gasteiger charge is 2.20. The van der Waals surface area contributed by atoms with Crippen LogP contribution in [0.2, 0.25) is 0 Å². The van der Waals surface area contributed by atoms with Gasteiger partial charge in [-0.1, -0.05) is 19.0 Å². The van der Waals surface area contributed by atoms with Crippen molar-refractivity contribution in [1.82, 2.24) is 15.1 Å². The number of halogens is 2. The summed E-state index contributed by atoms with van der Waals surface area (Å²) in [6, 6.07) is 1.61. The van der Waals surface area contributed by atoms with E-state index in [-0.39, 0.29) is 12.0 Å².